The smallest absolute Gasteiger partial charge is 0.162 e. The van der Waals surface area contributed by atoms with Crippen LogP contribution in [0.25, 0.3) is 49.4 Å². The van der Waals surface area contributed by atoms with E-state index in [1.807, 2.05) is 48.5 Å². The van der Waals surface area contributed by atoms with Crippen molar-refractivity contribution in [1.82, 2.24) is 0 Å². The Morgan fingerprint density at radius 2 is 0.955 bits per heavy atom. The van der Waals surface area contributed by atoms with E-state index < -0.39 is 5.41 Å². The van der Waals surface area contributed by atoms with Gasteiger partial charge in [-0.15, -0.1) is 0 Å². The zero-order valence-corrected chi connectivity index (χ0v) is 35.9. The molecular formula is C62H40N4. The largest absolute Gasteiger partial charge is 0.310 e. The van der Waals surface area contributed by atoms with Crippen LogP contribution in [0.15, 0.2) is 247 Å². The Bertz CT molecular complexity index is 3630. The van der Waals surface area contributed by atoms with Gasteiger partial charge in [0.05, 0.1) is 22.5 Å². The molecule has 0 saturated carbocycles. The van der Waals surface area contributed by atoms with Crippen molar-refractivity contribution < 1.29 is 0 Å². The quantitative estimate of drug-likeness (QED) is 0.136. The number of nitrogens with zero attached hydrogens (tertiary/aromatic N) is 3. The molecule has 308 valence electrons. The van der Waals surface area contributed by atoms with E-state index in [2.05, 4.69) is 193 Å². The molecule has 0 radical (unpaired) electrons. The minimum absolute atomic E-state index is 0.162. The number of nitrogens with one attached hydrogen (secondary N) is 1. The molecule has 1 aliphatic carbocycles. The number of benzene rings is 10. The maximum Gasteiger partial charge on any atom is 0.162 e. The predicted octanol–water partition coefficient (Wildman–Crippen LogP) is 15.1. The van der Waals surface area contributed by atoms with Crippen LogP contribution in [0.3, 0.4) is 0 Å². The van der Waals surface area contributed by atoms with Crippen molar-refractivity contribution in [2.24, 2.45) is 9.98 Å². The molecule has 0 amide bonds. The zero-order chi connectivity index (χ0) is 43.8. The van der Waals surface area contributed by atoms with Crippen LogP contribution in [0.5, 0.6) is 0 Å². The third-order valence-electron chi connectivity index (χ3n) is 13.7. The minimum Gasteiger partial charge on any atom is -0.310 e. The molecule has 0 unspecified atom stereocenters. The molecule has 0 bridgehead atoms. The van der Waals surface area contributed by atoms with Crippen LogP contribution in [-0.4, -0.2) is 17.4 Å². The van der Waals surface area contributed by atoms with Gasteiger partial charge in [0.1, 0.15) is 0 Å². The number of allylic oxidation sites excluding steroid dienone is 1. The molecule has 10 aromatic carbocycles. The molecule has 0 atom stereocenters. The van der Waals surface area contributed by atoms with Crippen molar-refractivity contribution in [3.8, 4) is 22.3 Å². The molecule has 0 aromatic heterocycles. The summed E-state index contributed by atoms with van der Waals surface area (Å²) in [5.41, 5.74) is 17.0. The first-order chi connectivity index (χ1) is 32.6. The summed E-state index contributed by atoms with van der Waals surface area (Å²) in [7, 11) is 0. The maximum absolute atomic E-state index is 9.37. The van der Waals surface area contributed by atoms with Gasteiger partial charge in [0.2, 0.25) is 0 Å². The predicted molar refractivity (Wildman–Crippen MR) is 274 cm³/mol. The monoisotopic (exact) mass is 840 g/mol. The summed E-state index contributed by atoms with van der Waals surface area (Å²) in [6.45, 7) is 0. The van der Waals surface area contributed by atoms with Crippen LogP contribution in [0.4, 0.5) is 17.1 Å². The first kappa shape index (κ1) is 37.8. The normalized spacial score (nSPS) is 14.7. The summed E-state index contributed by atoms with van der Waals surface area (Å²) in [6.07, 6.45) is 2.08. The first-order valence-corrected chi connectivity index (χ1v) is 22.5. The molecule has 0 fully saturated rings. The molecule has 66 heavy (non-hydrogen) atoms. The second kappa shape index (κ2) is 14.9. The van der Waals surface area contributed by atoms with E-state index in [-0.39, 0.29) is 5.84 Å². The highest BCUT2D eigenvalue weighted by Gasteiger charge is 2.52. The van der Waals surface area contributed by atoms with Crippen LogP contribution in [0.2, 0.25) is 0 Å². The number of fused-ring (bicyclic) bond motifs is 11. The molecular weight excluding hydrogens is 801 g/mol. The van der Waals surface area contributed by atoms with Crippen molar-refractivity contribution in [3.63, 3.8) is 0 Å². The van der Waals surface area contributed by atoms with Gasteiger partial charge in [0, 0.05) is 22.4 Å². The summed E-state index contributed by atoms with van der Waals surface area (Å²) >= 11 is 0. The highest BCUT2D eigenvalue weighted by Crippen LogP contribution is 2.64. The summed E-state index contributed by atoms with van der Waals surface area (Å²) in [6, 6.07) is 82.6. The van der Waals surface area contributed by atoms with E-state index >= 15 is 0 Å². The molecule has 2 aliphatic heterocycles. The SMILES string of the molecule is N=C(/N=C1\N=C(c2ccccc2)C=C1c1ccccc1)c1cccc(-c2ccc3c(c2)-c2ccccc2C32c3cc4ccccc4cc3N(c3ccccc3)c3cc4ccccc4cc32)c1. The third kappa shape index (κ3) is 5.82. The minimum atomic E-state index is -0.612. The van der Waals surface area contributed by atoms with Gasteiger partial charge >= 0.3 is 0 Å². The van der Waals surface area contributed by atoms with Crippen molar-refractivity contribution in [3.05, 3.63) is 276 Å². The molecule has 0 saturated heterocycles. The van der Waals surface area contributed by atoms with Crippen molar-refractivity contribution in [2.45, 2.75) is 5.41 Å². The van der Waals surface area contributed by atoms with E-state index in [0.717, 1.165) is 44.8 Å². The molecule has 3 aliphatic rings. The molecule has 4 heteroatoms. The fourth-order valence-electron chi connectivity index (χ4n) is 10.7. The van der Waals surface area contributed by atoms with Gasteiger partial charge in [0.15, 0.2) is 11.7 Å². The Morgan fingerprint density at radius 1 is 0.424 bits per heavy atom. The Balaban J connectivity index is 0.979. The Kier molecular flexibility index (Phi) is 8.55. The summed E-state index contributed by atoms with van der Waals surface area (Å²) in [5, 5.41) is 14.2. The second-order valence-electron chi connectivity index (χ2n) is 17.3. The number of amidine groups is 2. The molecule has 4 nitrogen and oxygen atoms in total. The summed E-state index contributed by atoms with van der Waals surface area (Å²) < 4.78 is 0. The van der Waals surface area contributed by atoms with E-state index in [9.17, 15) is 5.41 Å². The van der Waals surface area contributed by atoms with Crippen LogP contribution < -0.4 is 4.90 Å². The zero-order valence-electron chi connectivity index (χ0n) is 35.9. The number of para-hydroxylation sites is 1. The van der Waals surface area contributed by atoms with Gasteiger partial charge in [-0.1, -0.05) is 182 Å². The van der Waals surface area contributed by atoms with Gasteiger partial charge in [-0.25, -0.2) is 9.98 Å². The number of hydrogen-bond acceptors (Lipinski definition) is 2. The van der Waals surface area contributed by atoms with Gasteiger partial charge in [-0.3, -0.25) is 5.41 Å². The standard InChI is InChI=1S/C62H40N4/c63-60(65-61-51(40-17-4-1-5-18-40)39-57(64-61)41-19-6-2-7-20-41)48-26-16-25-42(33-48)47-31-32-54-52(34-47)50-29-14-15-30-53(50)62(54)55-35-43-21-10-12-23-45(43)37-58(55)66(49-27-8-3-9-28-49)59-38-46-24-13-11-22-44(46)36-56(59)62/h1-39,63H/b63-60?,65-61-. The second-order valence-corrected chi connectivity index (χ2v) is 17.3. The van der Waals surface area contributed by atoms with E-state index in [1.165, 1.54) is 66.3 Å². The van der Waals surface area contributed by atoms with Crippen LogP contribution in [0, 0.1) is 5.41 Å². The third-order valence-corrected chi connectivity index (χ3v) is 13.7. The number of rotatable bonds is 5. The lowest BCUT2D eigenvalue weighted by atomic mass is 9.64. The highest BCUT2D eigenvalue weighted by molar-refractivity contribution is 6.39. The molecule has 10 aromatic rings. The molecule has 2 heterocycles. The van der Waals surface area contributed by atoms with Crippen molar-refractivity contribution in [2.75, 3.05) is 4.90 Å². The molecule has 1 N–H and O–H groups in total. The van der Waals surface area contributed by atoms with Crippen LogP contribution in [-0.2, 0) is 5.41 Å². The van der Waals surface area contributed by atoms with E-state index in [0.29, 0.717) is 5.84 Å². The Hall–Kier alpha value is -8.73. The van der Waals surface area contributed by atoms with Crippen molar-refractivity contribution >= 4 is 61.6 Å². The number of anilines is 3. The summed E-state index contributed by atoms with van der Waals surface area (Å²) in [5.74, 6) is 0.698. The van der Waals surface area contributed by atoms with Crippen LogP contribution in [0.1, 0.15) is 38.9 Å². The molecule has 1 spiro atoms. The van der Waals surface area contributed by atoms with Gasteiger partial charge in [-0.05, 0) is 126 Å². The Labute approximate surface area is 383 Å². The highest BCUT2D eigenvalue weighted by atomic mass is 15.2. The average Bonchev–Trinajstić information content (AvgIpc) is 3.94. The van der Waals surface area contributed by atoms with Crippen molar-refractivity contribution in [1.29, 1.82) is 5.41 Å². The lowest BCUT2D eigenvalue weighted by Crippen LogP contribution is -2.36. The lowest BCUT2D eigenvalue weighted by Gasteiger charge is -2.45. The number of hydrogen-bond donors (Lipinski definition) is 1. The van der Waals surface area contributed by atoms with Gasteiger partial charge in [-0.2, -0.15) is 0 Å². The molecule has 13 rings (SSSR count). The van der Waals surface area contributed by atoms with E-state index in [1.54, 1.807) is 0 Å². The van der Waals surface area contributed by atoms with Gasteiger partial charge < -0.3 is 4.90 Å². The van der Waals surface area contributed by atoms with Gasteiger partial charge in [0.25, 0.3) is 0 Å². The van der Waals surface area contributed by atoms with Crippen LogP contribution >= 0.6 is 0 Å². The number of aliphatic imine (C=N–C) groups is 2. The fourth-order valence-corrected chi connectivity index (χ4v) is 10.7. The van der Waals surface area contributed by atoms with E-state index in [4.69, 9.17) is 9.98 Å². The Morgan fingerprint density at radius 3 is 1.62 bits per heavy atom. The topological polar surface area (TPSA) is 51.8 Å². The lowest BCUT2D eigenvalue weighted by molar-refractivity contribution is 0.756. The maximum atomic E-state index is 9.37. The average molecular weight is 841 g/mol. The fraction of sp³-hybridized carbons (Fsp3) is 0.0161. The first-order valence-electron chi connectivity index (χ1n) is 22.5. The summed E-state index contributed by atoms with van der Waals surface area (Å²) in [4.78, 5) is 12.4.